The maximum absolute atomic E-state index is 5.85. The zero-order valence-corrected chi connectivity index (χ0v) is 13.4. The molecule has 0 saturated carbocycles. The summed E-state index contributed by atoms with van der Waals surface area (Å²) < 4.78 is 4.24. The van der Waals surface area contributed by atoms with E-state index in [9.17, 15) is 0 Å². The Morgan fingerprint density at radius 3 is 2.47 bits per heavy atom. The van der Waals surface area contributed by atoms with Crippen molar-refractivity contribution in [3.63, 3.8) is 0 Å². The fraction of sp³-hybridized carbons (Fsp3) is 0.154. The number of hydrogen-bond donors (Lipinski definition) is 0. The number of rotatable bonds is 4. The van der Waals surface area contributed by atoms with Crippen LogP contribution in [0.2, 0.25) is 5.02 Å². The van der Waals surface area contributed by atoms with Gasteiger partial charge in [0.15, 0.2) is 0 Å². The van der Waals surface area contributed by atoms with Gasteiger partial charge in [-0.3, -0.25) is 0 Å². The van der Waals surface area contributed by atoms with Crippen molar-refractivity contribution in [2.45, 2.75) is 18.7 Å². The standard InChI is InChI=1S/C13H13ClINS/c1-4-9(2)13(16-15)10(3)17-12-7-5-11(14)6-8-12/h4-8H,3H2,1-2H3/b9-4+,16-13?. The van der Waals surface area contributed by atoms with Crippen LogP contribution in [0.15, 0.2) is 55.5 Å². The van der Waals surface area contributed by atoms with Crippen LogP contribution >= 0.6 is 46.2 Å². The van der Waals surface area contributed by atoms with E-state index < -0.39 is 0 Å². The average Bonchev–Trinajstić information content (AvgIpc) is 2.32. The van der Waals surface area contributed by atoms with Crippen molar-refractivity contribution >= 4 is 51.9 Å². The first kappa shape index (κ1) is 14.8. The summed E-state index contributed by atoms with van der Waals surface area (Å²) in [5.74, 6) is 0. The SMILES string of the molecule is C=C(Sc1ccc(Cl)cc1)C(=NI)/C(C)=C/C. The van der Waals surface area contributed by atoms with Gasteiger partial charge in [-0.1, -0.05) is 36.0 Å². The van der Waals surface area contributed by atoms with Crippen molar-refractivity contribution < 1.29 is 0 Å². The van der Waals surface area contributed by atoms with Gasteiger partial charge in [0.2, 0.25) is 0 Å². The second-order valence-electron chi connectivity index (χ2n) is 3.38. The van der Waals surface area contributed by atoms with Gasteiger partial charge in [0, 0.05) is 14.8 Å². The first-order valence-electron chi connectivity index (χ1n) is 5.03. The number of allylic oxidation sites excluding steroid dienone is 3. The van der Waals surface area contributed by atoms with Crippen LogP contribution in [0.25, 0.3) is 0 Å². The van der Waals surface area contributed by atoms with E-state index in [0.29, 0.717) is 0 Å². The van der Waals surface area contributed by atoms with E-state index in [1.807, 2.05) is 67.1 Å². The molecular weight excluding hydrogens is 365 g/mol. The Morgan fingerprint density at radius 1 is 1.41 bits per heavy atom. The summed E-state index contributed by atoms with van der Waals surface area (Å²) in [4.78, 5) is 2.05. The molecule has 0 radical (unpaired) electrons. The molecule has 0 saturated heterocycles. The highest BCUT2D eigenvalue weighted by Crippen LogP contribution is 2.29. The van der Waals surface area contributed by atoms with Crippen LogP contribution in [-0.2, 0) is 0 Å². The lowest BCUT2D eigenvalue weighted by molar-refractivity contribution is 1.47. The Balaban J connectivity index is 2.82. The maximum Gasteiger partial charge on any atom is 0.0855 e. The highest BCUT2D eigenvalue weighted by molar-refractivity contribution is 14.1. The predicted molar refractivity (Wildman–Crippen MR) is 87.3 cm³/mol. The zero-order valence-electron chi connectivity index (χ0n) is 9.71. The summed E-state index contributed by atoms with van der Waals surface area (Å²) >= 11 is 9.45. The molecule has 1 nitrogen and oxygen atoms in total. The third kappa shape index (κ3) is 4.48. The lowest BCUT2D eigenvalue weighted by Gasteiger charge is -2.08. The summed E-state index contributed by atoms with van der Waals surface area (Å²) in [5.41, 5.74) is 2.07. The molecule has 17 heavy (non-hydrogen) atoms. The van der Waals surface area contributed by atoms with Gasteiger partial charge in [0.25, 0.3) is 0 Å². The fourth-order valence-corrected chi connectivity index (χ4v) is 2.98. The number of nitrogens with zero attached hydrogens (tertiary/aromatic N) is 1. The second kappa shape index (κ2) is 7.24. The molecule has 1 aromatic rings. The molecule has 0 atom stereocenters. The van der Waals surface area contributed by atoms with Crippen LogP contribution in [0.3, 0.4) is 0 Å². The van der Waals surface area contributed by atoms with Gasteiger partial charge in [0.05, 0.1) is 28.6 Å². The molecule has 0 N–H and O–H groups in total. The van der Waals surface area contributed by atoms with Gasteiger partial charge in [-0.2, -0.15) is 0 Å². The highest BCUT2D eigenvalue weighted by Gasteiger charge is 2.08. The third-order valence-electron chi connectivity index (χ3n) is 2.21. The average molecular weight is 378 g/mol. The van der Waals surface area contributed by atoms with Gasteiger partial charge < -0.3 is 0 Å². The van der Waals surface area contributed by atoms with Crippen molar-refractivity contribution in [1.82, 2.24) is 0 Å². The molecule has 1 rings (SSSR count). The van der Waals surface area contributed by atoms with E-state index in [0.717, 1.165) is 26.1 Å². The van der Waals surface area contributed by atoms with Gasteiger partial charge >= 0.3 is 0 Å². The predicted octanol–water partition coefficient (Wildman–Crippen LogP) is 5.70. The minimum atomic E-state index is 0.743. The fourth-order valence-electron chi connectivity index (χ4n) is 1.16. The molecule has 0 spiro atoms. The molecule has 0 fully saturated rings. The molecule has 0 bridgehead atoms. The van der Waals surface area contributed by atoms with Crippen molar-refractivity contribution in [1.29, 1.82) is 0 Å². The molecule has 0 heterocycles. The lowest BCUT2D eigenvalue weighted by atomic mass is 10.2. The molecule has 0 aliphatic carbocycles. The van der Waals surface area contributed by atoms with E-state index in [2.05, 4.69) is 9.78 Å². The Kier molecular flexibility index (Phi) is 6.30. The molecule has 0 aliphatic rings. The highest BCUT2D eigenvalue weighted by atomic mass is 127. The molecule has 0 aliphatic heterocycles. The maximum atomic E-state index is 5.85. The number of hydrogen-bond acceptors (Lipinski definition) is 2. The Morgan fingerprint density at radius 2 is 2.00 bits per heavy atom. The number of halogens is 2. The lowest BCUT2D eigenvalue weighted by Crippen LogP contribution is -1.99. The summed E-state index contributed by atoms with van der Waals surface area (Å²) in [7, 11) is 0. The van der Waals surface area contributed by atoms with Crippen LogP contribution in [0.4, 0.5) is 0 Å². The van der Waals surface area contributed by atoms with Gasteiger partial charge in [-0.15, -0.1) is 0 Å². The van der Waals surface area contributed by atoms with Crippen molar-refractivity contribution in [2.75, 3.05) is 0 Å². The van der Waals surface area contributed by atoms with Crippen LogP contribution < -0.4 is 0 Å². The van der Waals surface area contributed by atoms with Crippen LogP contribution in [-0.4, -0.2) is 5.71 Å². The molecule has 4 heteroatoms. The smallest absolute Gasteiger partial charge is 0.0855 e. The van der Waals surface area contributed by atoms with E-state index in [1.165, 1.54) is 0 Å². The Hall–Kier alpha value is -0.260. The molecular formula is C13H13ClINS. The van der Waals surface area contributed by atoms with E-state index >= 15 is 0 Å². The summed E-state index contributed by atoms with van der Waals surface area (Å²) in [6, 6.07) is 7.71. The van der Waals surface area contributed by atoms with Crippen LogP contribution in [0.1, 0.15) is 13.8 Å². The monoisotopic (exact) mass is 377 g/mol. The molecule has 0 amide bonds. The van der Waals surface area contributed by atoms with E-state index in [4.69, 9.17) is 11.6 Å². The Bertz CT molecular complexity index is 463. The van der Waals surface area contributed by atoms with Gasteiger partial charge in [-0.05, 0) is 43.7 Å². The first-order valence-corrected chi connectivity index (χ1v) is 7.19. The third-order valence-corrected chi connectivity index (χ3v) is 3.89. The summed E-state index contributed by atoms with van der Waals surface area (Å²) in [6.07, 6.45) is 2.03. The molecule has 90 valence electrons. The number of thioether (sulfide) groups is 1. The van der Waals surface area contributed by atoms with Gasteiger partial charge in [-0.25, -0.2) is 3.21 Å². The minimum absolute atomic E-state index is 0.743. The molecule has 1 aromatic carbocycles. The van der Waals surface area contributed by atoms with E-state index in [-0.39, 0.29) is 0 Å². The summed E-state index contributed by atoms with van der Waals surface area (Å²) in [6.45, 7) is 8.10. The zero-order chi connectivity index (χ0) is 12.8. The minimum Gasteiger partial charge on any atom is -0.214 e. The largest absolute Gasteiger partial charge is 0.214 e. The van der Waals surface area contributed by atoms with Crippen LogP contribution in [0.5, 0.6) is 0 Å². The number of benzene rings is 1. The normalized spacial score (nSPS) is 12.7. The van der Waals surface area contributed by atoms with Crippen LogP contribution in [0, 0.1) is 0 Å². The van der Waals surface area contributed by atoms with Crippen molar-refractivity contribution in [2.24, 2.45) is 3.21 Å². The molecule has 0 aromatic heterocycles. The topological polar surface area (TPSA) is 12.4 Å². The van der Waals surface area contributed by atoms with Gasteiger partial charge in [0.1, 0.15) is 0 Å². The van der Waals surface area contributed by atoms with E-state index in [1.54, 1.807) is 11.8 Å². The van der Waals surface area contributed by atoms with Crippen molar-refractivity contribution in [3.8, 4) is 0 Å². The first-order chi connectivity index (χ1) is 8.08. The van der Waals surface area contributed by atoms with Crippen molar-refractivity contribution in [3.05, 3.63) is 52.4 Å². The quantitative estimate of drug-likeness (QED) is 0.372. The second-order valence-corrected chi connectivity index (χ2v) is 5.47. The summed E-state index contributed by atoms with van der Waals surface area (Å²) in [5, 5.41) is 0.743. The molecule has 0 unspecified atom stereocenters. The Labute approximate surface area is 126 Å².